The van der Waals surface area contributed by atoms with Crippen LogP contribution >= 0.6 is 11.6 Å². The van der Waals surface area contributed by atoms with Gasteiger partial charge in [-0.25, -0.2) is 0 Å². The topological polar surface area (TPSA) is 17.1 Å². The van der Waals surface area contributed by atoms with Gasteiger partial charge < -0.3 is 0 Å². The Bertz CT molecular complexity index is 369. The number of benzene rings is 1. The van der Waals surface area contributed by atoms with Gasteiger partial charge in [-0.05, 0) is 42.9 Å². The lowest BCUT2D eigenvalue weighted by Gasteiger charge is -2.08. The molecule has 0 heterocycles. The Kier molecular flexibility index (Phi) is 3.65. The van der Waals surface area contributed by atoms with Crippen molar-refractivity contribution in [2.24, 2.45) is 11.8 Å². The minimum absolute atomic E-state index is 0.297. The number of carbonyl (C=O) groups excluding carboxylic acids is 1. The number of carbonyl (C=O) groups is 1. The maximum absolute atomic E-state index is 12.0. The summed E-state index contributed by atoms with van der Waals surface area (Å²) in [6.07, 6.45) is 3.92. The molecule has 0 amide bonds. The molecule has 1 aromatic rings. The van der Waals surface area contributed by atoms with Gasteiger partial charge in [0, 0.05) is 17.4 Å². The largest absolute Gasteiger partial charge is 0.299 e. The smallest absolute Gasteiger partial charge is 0.140 e. The minimum atomic E-state index is 0.297. The van der Waals surface area contributed by atoms with Crippen molar-refractivity contribution >= 4 is 17.4 Å². The van der Waals surface area contributed by atoms with E-state index in [2.05, 4.69) is 6.92 Å². The van der Waals surface area contributed by atoms with Crippen LogP contribution in [0.5, 0.6) is 0 Å². The number of hydrogen-bond acceptors (Lipinski definition) is 1. The van der Waals surface area contributed by atoms with Crippen LogP contribution in [0, 0.1) is 11.8 Å². The van der Waals surface area contributed by atoms with Gasteiger partial charge in [0.2, 0.25) is 0 Å². The summed E-state index contributed by atoms with van der Waals surface area (Å²) in [5.41, 5.74) is 1.08. The molecule has 1 saturated carbocycles. The average Bonchev–Trinajstić information content (AvgIpc) is 2.68. The van der Waals surface area contributed by atoms with E-state index in [1.807, 2.05) is 24.3 Å². The predicted molar refractivity (Wildman–Crippen MR) is 66.7 cm³/mol. The molecule has 16 heavy (non-hydrogen) atoms. The molecule has 0 spiro atoms. The first-order chi connectivity index (χ1) is 7.65. The molecule has 0 N–H and O–H groups in total. The molecule has 1 nitrogen and oxygen atoms in total. The molecule has 0 bridgehead atoms. The van der Waals surface area contributed by atoms with Crippen LogP contribution in [0.3, 0.4) is 0 Å². The zero-order valence-electron chi connectivity index (χ0n) is 9.58. The molecular formula is C14H17ClO. The fourth-order valence-corrected chi connectivity index (χ4v) is 2.57. The normalized spacial score (nSPS) is 24.6. The molecular weight excluding hydrogens is 220 g/mol. The summed E-state index contributed by atoms with van der Waals surface area (Å²) < 4.78 is 0. The van der Waals surface area contributed by atoms with Gasteiger partial charge in [-0.3, -0.25) is 4.79 Å². The van der Waals surface area contributed by atoms with Gasteiger partial charge in [-0.15, -0.1) is 0 Å². The van der Waals surface area contributed by atoms with Gasteiger partial charge in [0.25, 0.3) is 0 Å². The Morgan fingerprint density at radius 3 is 2.56 bits per heavy atom. The van der Waals surface area contributed by atoms with E-state index in [1.54, 1.807) is 0 Å². The molecule has 0 saturated heterocycles. The molecule has 1 fully saturated rings. The molecule has 1 aliphatic rings. The fourth-order valence-electron chi connectivity index (χ4n) is 2.45. The summed E-state index contributed by atoms with van der Waals surface area (Å²) in [6.45, 7) is 2.23. The van der Waals surface area contributed by atoms with E-state index in [4.69, 9.17) is 11.6 Å². The summed E-state index contributed by atoms with van der Waals surface area (Å²) in [4.78, 5) is 12.0. The highest BCUT2D eigenvalue weighted by atomic mass is 35.5. The van der Waals surface area contributed by atoms with Crippen LogP contribution in [0.25, 0.3) is 0 Å². The van der Waals surface area contributed by atoms with E-state index in [-0.39, 0.29) is 0 Å². The quantitative estimate of drug-likeness (QED) is 0.778. The summed E-state index contributed by atoms with van der Waals surface area (Å²) >= 11 is 5.81. The van der Waals surface area contributed by atoms with Gasteiger partial charge in [0.05, 0.1) is 0 Å². The lowest BCUT2D eigenvalue weighted by atomic mass is 9.96. The fraction of sp³-hybridized carbons (Fsp3) is 0.500. The highest BCUT2D eigenvalue weighted by Crippen LogP contribution is 2.31. The molecule has 1 aliphatic carbocycles. The zero-order valence-corrected chi connectivity index (χ0v) is 10.3. The molecule has 0 aromatic heterocycles. The van der Waals surface area contributed by atoms with Gasteiger partial charge >= 0.3 is 0 Å². The molecule has 0 radical (unpaired) electrons. The lowest BCUT2D eigenvalue weighted by Crippen LogP contribution is -2.13. The second kappa shape index (κ2) is 5.01. The minimum Gasteiger partial charge on any atom is -0.299 e. The van der Waals surface area contributed by atoms with E-state index >= 15 is 0 Å². The Morgan fingerprint density at radius 2 is 2.00 bits per heavy atom. The summed E-state index contributed by atoms with van der Waals surface area (Å²) in [6, 6.07) is 7.58. The third-order valence-corrected chi connectivity index (χ3v) is 3.69. The van der Waals surface area contributed by atoms with Crippen molar-refractivity contribution < 1.29 is 4.79 Å². The first-order valence-corrected chi connectivity index (χ1v) is 6.30. The van der Waals surface area contributed by atoms with Gasteiger partial charge in [0.15, 0.2) is 0 Å². The number of Topliss-reactive ketones (excluding diaryl/α,β-unsaturated/α-hetero) is 1. The molecule has 2 atom stereocenters. The first kappa shape index (κ1) is 11.7. The molecule has 0 aliphatic heterocycles. The first-order valence-electron chi connectivity index (χ1n) is 5.92. The van der Waals surface area contributed by atoms with E-state index in [0.717, 1.165) is 29.3 Å². The van der Waals surface area contributed by atoms with Gasteiger partial charge in [0.1, 0.15) is 5.78 Å². The maximum atomic E-state index is 12.0. The predicted octanol–water partition coefficient (Wildman–Crippen LogP) is 3.89. The van der Waals surface area contributed by atoms with Gasteiger partial charge in [-0.2, -0.15) is 0 Å². The van der Waals surface area contributed by atoms with Crippen LogP contribution < -0.4 is 0 Å². The number of rotatable bonds is 3. The highest BCUT2D eigenvalue weighted by Gasteiger charge is 2.26. The van der Waals surface area contributed by atoms with Crippen LogP contribution in [-0.2, 0) is 11.2 Å². The Morgan fingerprint density at radius 1 is 1.31 bits per heavy atom. The standard InChI is InChI=1S/C14H17ClO/c1-10-2-5-12(8-10)14(16)9-11-3-6-13(15)7-4-11/h3-4,6-7,10,12H,2,5,8-9H2,1H3. The van der Waals surface area contributed by atoms with Crippen molar-refractivity contribution in [2.45, 2.75) is 32.6 Å². The zero-order chi connectivity index (χ0) is 11.5. The van der Waals surface area contributed by atoms with Crippen LogP contribution in [0.4, 0.5) is 0 Å². The second-order valence-electron chi connectivity index (χ2n) is 4.88. The van der Waals surface area contributed by atoms with E-state index in [9.17, 15) is 4.79 Å². The van der Waals surface area contributed by atoms with Crippen LogP contribution in [0.2, 0.25) is 5.02 Å². The third kappa shape index (κ3) is 2.85. The van der Waals surface area contributed by atoms with Crippen molar-refractivity contribution in [1.29, 1.82) is 0 Å². The molecule has 1 aromatic carbocycles. The lowest BCUT2D eigenvalue weighted by molar-refractivity contribution is -0.122. The Labute approximate surface area is 102 Å². The number of hydrogen-bond donors (Lipinski definition) is 0. The van der Waals surface area contributed by atoms with E-state index < -0.39 is 0 Å². The van der Waals surface area contributed by atoms with Crippen molar-refractivity contribution in [3.63, 3.8) is 0 Å². The highest BCUT2D eigenvalue weighted by molar-refractivity contribution is 6.30. The van der Waals surface area contributed by atoms with E-state index in [1.165, 1.54) is 6.42 Å². The van der Waals surface area contributed by atoms with E-state index in [0.29, 0.717) is 18.1 Å². The third-order valence-electron chi connectivity index (χ3n) is 3.44. The average molecular weight is 237 g/mol. The molecule has 2 unspecified atom stereocenters. The molecule has 2 rings (SSSR count). The van der Waals surface area contributed by atoms with Crippen molar-refractivity contribution in [2.75, 3.05) is 0 Å². The Balaban J connectivity index is 1.94. The van der Waals surface area contributed by atoms with Crippen molar-refractivity contribution in [3.05, 3.63) is 34.9 Å². The summed E-state index contributed by atoms with van der Waals surface area (Å²) in [7, 11) is 0. The van der Waals surface area contributed by atoms with Crippen LogP contribution in [0.15, 0.2) is 24.3 Å². The number of halogens is 1. The second-order valence-corrected chi connectivity index (χ2v) is 5.32. The van der Waals surface area contributed by atoms with Gasteiger partial charge in [-0.1, -0.05) is 30.7 Å². The Hall–Kier alpha value is -0.820. The number of ketones is 1. The molecule has 2 heteroatoms. The van der Waals surface area contributed by atoms with Crippen molar-refractivity contribution in [1.82, 2.24) is 0 Å². The van der Waals surface area contributed by atoms with Crippen LogP contribution in [-0.4, -0.2) is 5.78 Å². The van der Waals surface area contributed by atoms with Crippen molar-refractivity contribution in [3.8, 4) is 0 Å². The maximum Gasteiger partial charge on any atom is 0.140 e. The molecule has 86 valence electrons. The SMILES string of the molecule is CC1CCC(C(=O)Cc2ccc(Cl)cc2)C1. The van der Waals surface area contributed by atoms with Crippen LogP contribution in [0.1, 0.15) is 31.7 Å². The monoisotopic (exact) mass is 236 g/mol. The summed E-state index contributed by atoms with van der Waals surface area (Å²) in [5, 5.41) is 0.727. The summed E-state index contributed by atoms with van der Waals surface area (Å²) in [5.74, 6) is 1.41.